The molecule has 0 aliphatic heterocycles. The van der Waals surface area contributed by atoms with Crippen molar-refractivity contribution < 1.29 is 4.79 Å². The number of pyridine rings is 2. The number of hydrogen-bond donors (Lipinski definition) is 1. The molecule has 5 nitrogen and oxygen atoms in total. The van der Waals surface area contributed by atoms with Crippen LogP contribution in [0.15, 0.2) is 67.0 Å². The molecule has 0 saturated heterocycles. The Bertz CT molecular complexity index is 1220. The lowest BCUT2D eigenvalue weighted by Gasteiger charge is -2.03. The Labute approximate surface area is 169 Å². The van der Waals surface area contributed by atoms with Gasteiger partial charge in [-0.05, 0) is 62.2 Å². The zero-order valence-corrected chi connectivity index (χ0v) is 16.7. The number of imidazole rings is 1. The highest BCUT2D eigenvalue weighted by molar-refractivity contribution is 6.01. The molecular weight excluding hydrogens is 360 g/mol. The van der Waals surface area contributed by atoms with Crippen LogP contribution in [0.25, 0.3) is 23.0 Å². The number of aromatic nitrogens is 3. The summed E-state index contributed by atoms with van der Waals surface area (Å²) in [5.74, 6) is 0.298. The van der Waals surface area contributed by atoms with Gasteiger partial charge in [-0.1, -0.05) is 29.8 Å². The van der Waals surface area contributed by atoms with Crippen molar-refractivity contribution in [3.05, 3.63) is 89.4 Å². The van der Waals surface area contributed by atoms with Gasteiger partial charge in [0.15, 0.2) is 0 Å². The van der Waals surface area contributed by atoms with Crippen LogP contribution in [-0.2, 0) is 4.79 Å². The third-order valence-electron chi connectivity index (χ3n) is 4.70. The quantitative estimate of drug-likeness (QED) is 0.507. The van der Waals surface area contributed by atoms with Crippen molar-refractivity contribution in [1.29, 1.82) is 0 Å². The highest BCUT2D eigenvalue weighted by Crippen LogP contribution is 2.26. The fraction of sp³-hybridized carbons (Fsp3) is 0.125. The van der Waals surface area contributed by atoms with E-state index in [0.717, 1.165) is 33.7 Å². The Kier molecular flexibility index (Phi) is 4.96. The summed E-state index contributed by atoms with van der Waals surface area (Å²) >= 11 is 0. The van der Waals surface area contributed by atoms with Crippen molar-refractivity contribution in [2.75, 3.05) is 5.32 Å². The zero-order valence-electron chi connectivity index (χ0n) is 16.7. The molecule has 0 atom stereocenters. The summed E-state index contributed by atoms with van der Waals surface area (Å²) < 4.78 is 2.00. The number of amides is 1. The molecular formula is C24H22N4O. The molecule has 0 saturated carbocycles. The van der Waals surface area contributed by atoms with Crippen LogP contribution in [0.3, 0.4) is 0 Å². The number of aryl methyl sites for hydroxylation is 3. The predicted octanol–water partition coefficient (Wildman–Crippen LogP) is 4.97. The fourth-order valence-electron chi connectivity index (χ4n) is 3.18. The maximum absolute atomic E-state index is 12.4. The SMILES string of the molecule is Cc1ccc(-c2nc3cc(C)ccn3c2/C=C/C(=O)Nc2cc(C)ccn2)cc1. The van der Waals surface area contributed by atoms with Crippen molar-refractivity contribution in [3.63, 3.8) is 0 Å². The highest BCUT2D eigenvalue weighted by atomic mass is 16.1. The highest BCUT2D eigenvalue weighted by Gasteiger charge is 2.12. The Morgan fingerprint density at radius 2 is 1.72 bits per heavy atom. The van der Waals surface area contributed by atoms with E-state index >= 15 is 0 Å². The monoisotopic (exact) mass is 382 g/mol. The van der Waals surface area contributed by atoms with E-state index in [-0.39, 0.29) is 5.91 Å². The maximum atomic E-state index is 12.4. The lowest BCUT2D eigenvalue weighted by Crippen LogP contribution is -2.09. The Hall–Kier alpha value is -3.73. The lowest BCUT2D eigenvalue weighted by molar-refractivity contribution is -0.111. The van der Waals surface area contributed by atoms with Crippen molar-refractivity contribution in [1.82, 2.24) is 14.4 Å². The lowest BCUT2D eigenvalue weighted by atomic mass is 10.1. The first kappa shape index (κ1) is 18.6. The summed E-state index contributed by atoms with van der Waals surface area (Å²) in [5.41, 5.74) is 6.92. The van der Waals surface area contributed by atoms with E-state index in [1.165, 1.54) is 11.6 Å². The van der Waals surface area contributed by atoms with Gasteiger partial charge in [0.2, 0.25) is 5.91 Å². The maximum Gasteiger partial charge on any atom is 0.249 e. The number of fused-ring (bicyclic) bond motifs is 1. The van der Waals surface area contributed by atoms with Crippen LogP contribution in [0.2, 0.25) is 0 Å². The average Bonchev–Trinajstić information content (AvgIpc) is 3.04. The molecule has 0 spiro atoms. The molecule has 0 aliphatic carbocycles. The molecule has 0 radical (unpaired) electrons. The minimum Gasteiger partial charge on any atom is -0.307 e. The van der Waals surface area contributed by atoms with Crippen molar-refractivity contribution >= 4 is 23.4 Å². The van der Waals surface area contributed by atoms with Gasteiger partial charge in [0.1, 0.15) is 11.5 Å². The van der Waals surface area contributed by atoms with Crippen LogP contribution in [0.1, 0.15) is 22.4 Å². The minimum absolute atomic E-state index is 0.236. The molecule has 0 bridgehead atoms. The summed E-state index contributed by atoms with van der Waals surface area (Å²) in [6, 6.07) is 16.0. The Morgan fingerprint density at radius 3 is 2.48 bits per heavy atom. The number of rotatable bonds is 4. The normalized spacial score (nSPS) is 11.3. The first-order chi connectivity index (χ1) is 14.0. The van der Waals surface area contributed by atoms with Crippen molar-refractivity contribution in [3.8, 4) is 11.3 Å². The molecule has 0 unspecified atom stereocenters. The Morgan fingerprint density at radius 1 is 0.966 bits per heavy atom. The fourth-order valence-corrected chi connectivity index (χ4v) is 3.18. The third kappa shape index (κ3) is 4.09. The van der Waals surface area contributed by atoms with Gasteiger partial charge in [-0.15, -0.1) is 0 Å². The molecule has 144 valence electrons. The van der Waals surface area contributed by atoms with E-state index < -0.39 is 0 Å². The molecule has 4 rings (SSSR count). The van der Waals surface area contributed by atoms with Gasteiger partial charge in [0.05, 0.1) is 11.4 Å². The first-order valence-corrected chi connectivity index (χ1v) is 9.47. The first-order valence-electron chi connectivity index (χ1n) is 9.47. The summed E-state index contributed by atoms with van der Waals surface area (Å²) in [7, 11) is 0. The number of carbonyl (C=O) groups is 1. The van der Waals surface area contributed by atoms with Crippen LogP contribution in [0.4, 0.5) is 5.82 Å². The van der Waals surface area contributed by atoms with E-state index in [1.54, 1.807) is 12.3 Å². The molecule has 3 aromatic heterocycles. The van der Waals surface area contributed by atoms with Crippen LogP contribution in [-0.4, -0.2) is 20.3 Å². The largest absolute Gasteiger partial charge is 0.307 e. The van der Waals surface area contributed by atoms with Crippen LogP contribution >= 0.6 is 0 Å². The molecule has 1 amide bonds. The van der Waals surface area contributed by atoms with Gasteiger partial charge >= 0.3 is 0 Å². The number of benzene rings is 1. The molecule has 29 heavy (non-hydrogen) atoms. The third-order valence-corrected chi connectivity index (χ3v) is 4.70. The van der Waals surface area contributed by atoms with E-state index in [2.05, 4.69) is 41.5 Å². The smallest absolute Gasteiger partial charge is 0.249 e. The van der Waals surface area contributed by atoms with Crippen LogP contribution < -0.4 is 5.32 Å². The number of nitrogens with one attached hydrogen (secondary N) is 1. The van der Waals surface area contributed by atoms with Crippen LogP contribution in [0.5, 0.6) is 0 Å². The molecule has 4 aromatic rings. The molecule has 5 heteroatoms. The van der Waals surface area contributed by atoms with Gasteiger partial charge in [0, 0.05) is 24.0 Å². The topological polar surface area (TPSA) is 59.3 Å². The second-order valence-corrected chi connectivity index (χ2v) is 7.18. The zero-order chi connectivity index (χ0) is 20.4. The predicted molar refractivity (Wildman–Crippen MR) is 117 cm³/mol. The van der Waals surface area contributed by atoms with E-state index in [1.807, 2.05) is 48.7 Å². The molecule has 1 aromatic carbocycles. The molecule has 0 fully saturated rings. The van der Waals surface area contributed by atoms with E-state index in [4.69, 9.17) is 4.98 Å². The second-order valence-electron chi connectivity index (χ2n) is 7.18. The molecule has 0 aliphatic rings. The molecule has 1 N–H and O–H groups in total. The van der Waals surface area contributed by atoms with E-state index in [9.17, 15) is 4.79 Å². The summed E-state index contributed by atoms with van der Waals surface area (Å²) in [6.07, 6.45) is 6.98. The summed E-state index contributed by atoms with van der Waals surface area (Å²) in [6.45, 7) is 6.06. The van der Waals surface area contributed by atoms with Gasteiger partial charge in [-0.2, -0.15) is 0 Å². The number of hydrogen-bond acceptors (Lipinski definition) is 3. The van der Waals surface area contributed by atoms with Crippen molar-refractivity contribution in [2.45, 2.75) is 20.8 Å². The Balaban J connectivity index is 1.71. The summed E-state index contributed by atoms with van der Waals surface area (Å²) in [5, 5.41) is 2.80. The van der Waals surface area contributed by atoms with Gasteiger partial charge < -0.3 is 5.32 Å². The van der Waals surface area contributed by atoms with Gasteiger partial charge in [-0.25, -0.2) is 9.97 Å². The van der Waals surface area contributed by atoms with Gasteiger partial charge in [-0.3, -0.25) is 9.20 Å². The summed E-state index contributed by atoms with van der Waals surface area (Å²) in [4.78, 5) is 21.4. The number of anilines is 1. The average molecular weight is 382 g/mol. The van der Waals surface area contributed by atoms with Gasteiger partial charge in [0.25, 0.3) is 0 Å². The number of nitrogens with zero attached hydrogens (tertiary/aromatic N) is 3. The molecule has 3 heterocycles. The number of carbonyl (C=O) groups excluding carboxylic acids is 1. The standard InChI is InChI=1S/C24H22N4O/c1-16-4-6-19(7-5-16)24-20(28-13-11-18(3)15-22(28)27-24)8-9-23(29)26-21-14-17(2)10-12-25-21/h4-15H,1-3H3,(H,25,26,29)/b9-8+. The van der Waals surface area contributed by atoms with E-state index in [0.29, 0.717) is 5.82 Å². The minimum atomic E-state index is -0.236. The second kappa shape index (κ2) is 7.72. The van der Waals surface area contributed by atoms with Crippen LogP contribution in [0, 0.1) is 20.8 Å². The van der Waals surface area contributed by atoms with Crippen molar-refractivity contribution in [2.24, 2.45) is 0 Å².